The van der Waals surface area contributed by atoms with Crippen LogP contribution in [0.1, 0.15) is 41.4 Å². The molecule has 0 radical (unpaired) electrons. The second-order valence-corrected chi connectivity index (χ2v) is 7.82. The molecule has 4 rings (SSSR count). The summed E-state index contributed by atoms with van der Waals surface area (Å²) in [4.78, 5) is 16.2. The zero-order valence-corrected chi connectivity index (χ0v) is 17.0. The number of carbonyl (C=O) groups excluding carboxylic acids is 1. The Bertz CT molecular complexity index is 903. The van der Waals surface area contributed by atoms with Gasteiger partial charge < -0.3 is 4.74 Å². The van der Waals surface area contributed by atoms with Crippen LogP contribution in [0.4, 0.5) is 0 Å². The second kappa shape index (κ2) is 8.87. The van der Waals surface area contributed by atoms with E-state index in [9.17, 15) is 4.79 Å². The number of hydrogen-bond donors (Lipinski definition) is 0. The predicted molar refractivity (Wildman–Crippen MR) is 114 cm³/mol. The average Bonchev–Trinajstić information content (AvgIpc) is 3.07. The van der Waals surface area contributed by atoms with E-state index in [1.54, 1.807) is 0 Å². The lowest BCUT2D eigenvalue weighted by Gasteiger charge is -2.32. The van der Waals surface area contributed by atoms with E-state index in [1.165, 1.54) is 30.6 Å². The summed E-state index contributed by atoms with van der Waals surface area (Å²) in [6.45, 7) is 4.21. The first-order valence-electron chi connectivity index (χ1n) is 9.26. The molecule has 3 aromatic rings. The Morgan fingerprint density at radius 1 is 1.00 bits per heavy atom. The SMILES string of the molecule is CC(Oc1c(C(=O)c2ccccc2)sc2ccccc12)N1CCCCC1.Cl. The second-order valence-electron chi connectivity index (χ2n) is 6.77. The van der Waals surface area contributed by atoms with E-state index in [-0.39, 0.29) is 24.4 Å². The highest BCUT2D eigenvalue weighted by Gasteiger charge is 2.25. The van der Waals surface area contributed by atoms with Crippen LogP contribution in [-0.2, 0) is 0 Å². The van der Waals surface area contributed by atoms with Crippen molar-refractivity contribution in [3.05, 3.63) is 65.0 Å². The van der Waals surface area contributed by atoms with Gasteiger partial charge in [0.2, 0.25) is 5.78 Å². The smallest absolute Gasteiger partial charge is 0.206 e. The molecule has 27 heavy (non-hydrogen) atoms. The van der Waals surface area contributed by atoms with Crippen LogP contribution in [0, 0.1) is 0 Å². The predicted octanol–water partition coefficient (Wildman–Crippen LogP) is 5.76. The number of piperidine rings is 1. The van der Waals surface area contributed by atoms with Gasteiger partial charge in [-0.2, -0.15) is 0 Å². The third-order valence-electron chi connectivity index (χ3n) is 4.99. The minimum absolute atomic E-state index is 0. The van der Waals surface area contributed by atoms with Gasteiger partial charge in [-0.05, 0) is 31.9 Å². The number of ketones is 1. The minimum atomic E-state index is -0.0318. The fourth-order valence-corrected chi connectivity index (χ4v) is 4.63. The van der Waals surface area contributed by atoms with E-state index in [0.29, 0.717) is 10.4 Å². The topological polar surface area (TPSA) is 29.5 Å². The van der Waals surface area contributed by atoms with Gasteiger partial charge in [-0.1, -0.05) is 48.9 Å². The van der Waals surface area contributed by atoms with E-state index in [0.717, 1.165) is 28.9 Å². The van der Waals surface area contributed by atoms with Crippen molar-refractivity contribution in [2.45, 2.75) is 32.4 Å². The molecule has 0 saturated carbocycles. The maximum absolute atomic E-state index is 13.1. The Hall–Kier alpha value is -1.88. The summed E-state index contributed by atoms with van der Waals surface area (Å²) < 4.78 is 7.49. The van der Waals surface area contributed by atoms with E-state index in [1.807, 2.05) is 48.5 Å². The summed E-state index contributed by atoms with van der Waals surface area (Å²) in [5.41, 5.74) is 0.703. The van der Waals surface area contributed by atoms with Gasteiger partial charge in [0, 0.05) is 28.7 Å². The first-order chi connectivity index (χ1) is 12.7. The molecule has 1 aromatic heterocycles. The van der Waals surface area contributed by atoms with Crippen molar-refractivity contribution in [2.75, 3.05) is 13.1 Å². The Morgan fingerprint density at radius 2 is 1.67 bits per heavy atom. The van der Waals surface area contributed by atoms with Crippen LogP contribution in [0.15, 0.2) is 54.6 Å². The quantitative estimate of drug-likeness (QED) is 0.508. The number of nitrogens with zero attached hydrogens (tertiary/aromatic N) is 1. The summed E-state index contributed by atoms with van der Waals surface area (Å²) in [6, 6.07) is 17.6. The standard InChI is InChI=1S/C22H23NO2S.ClH/c1-16(23-14-8-3-9-15-23)25-21-18-12-6-7-13-19(18)26-22(21)20(24)17-10-4-2-5-11-17;/h2,4-7,10-13,16H,3,8-9,14-15H2,1H3;1H. The van der Waals surface area contributed by atoms with Crippen molar-refractivity contribution < 1.29 is 9.53 Å². The summed E-state index contributed by atoms with van der Waals surface area (Å²) in [5, 5.41) is 1.03. The maximum Gasteiger partial charge on any atom is 0.206 e. The molecule has 1 aliphatic heterocycles. The van der Waals surface area contributed by atoms with Gasteiger partial charge >= 0.3 is 0 Å². The number of fused-ring (bicyclic) bond motifs is 1. The molecule has 0 bridgehead atoms. The molecule has 1 unspecified atom stereocenters. The zero-order chi connectivity index (χ0) is 17.9. The van der Waals surface area contributed by atoms with Gasteiger partial charge in [0.1, 0.15) is 11.1 Å². The van der Waals surface area contributed by atoms with Crippen LogP contribution in [0.3, 0.4) is 0 Å². The minimum Gasteiger partial charge on any atom is -0.473 e. The first kappa shape index (κ1) is 19.9. The molecule has 5 heteroatoms. The van der Waals surface area contributed by atoms with Crippen molar-refractivity contribution in [2.24, 2.45) is 0 Å². The van der Waals surface area contributed by atoms with E-state index >= 15 is 0 Å². The van der Waals surface area contributed by atoms with Crippen molar-refractivity contribution in [1.29, 1.82) is 0 Å². The van der Waals surface area contributed by atoms with Crippen LogP contribution < -0.4 is 4.74 Å². The molecule has 142 valence electrons. The van der Waals surface area contributed by atoms with Crippen LogP contribution in [0.5, 0.6) is 5.75 Å². The largest absolute Gasteiger partial charge is 0.473 e. The van der Waals surface area contributed by atoms with Crippen LogP contribution in [0.25, 0.3) is 10.1 Å². The van der Waals surface area contributed by atoms with Gasteiger partial charge in [-0.3, -0.25) is 9.69 Å². The monoisotopic (exact) mass is 401 g/mol. The highest BCUT2D eigenvalue weighted by atomic mass is 35.5. The summed E-state index contributed by atoms with van der Waals surface area (Å²) in [6.07, 6.45) is 3.69. The van der Waals surface area contributed by atoms with Gasteiger partial charge in [-0.25, -0.2) is 0 Å². The van der Waals surface area contributed by atoms with Crippen molar-refractivity contribution in [1.82, 2.24) is 4.90 Å². The molecular weight excluding hydrogens is 378 g/mol. The molecule has 3 nitrogen and oxygen atoms in total. The Morgan fingerprint density at radius 3 is 2.41 bits per heavy atom. The number of carbonyl (C=O) groups is 1. The molecule has 0 aliphatic carbocycles. The van der Waals surface area contributed by atoms with E-state index < -0.39 is 0 Å². The lowest BCUT2D eigenvalue weighted by molar-refractivity contribution is 0.0271. The molecule has 1 atom stereocenters. The van der Waals surface area contributed by atoms with E-state index in [2.05, 4.69) is 17.9 Å². The van der Waals surface area contributed by atoms with Gasteiger partial charge in [0.05, 0.1) is 0 Å². The van der Waals surface area contributed by atoms with E-state index in [4.69, 9.17) is 4.74 Å². The van der Waals surface area contributed by atoms with Crippen molar-refractivity contribution in [3.8, 4) is 5.75 Å². The van der Waals surface area contributed by atoms with Crippen LogP contribution >= 0.6 is 23.7 Å². The summed E-state index contributed by atoms with van der Waals surface area (Å²) in [5.74, 6) is 0.769. The Kier molecular flexibility index (Phi) is 6.53. The fraction of sp³-hybridized carbons (Fsp3) is 0.318. The normalized spacial score (nSPS) is 15.9. The highest BCUT2D eigenvalue weighted by molar-refractivity contribution is 7.21. The first-order valence-corrected chi connectivity index (χ1v) is 10.1. The van der Waals surface area contributed by atoms with Gasteiger partial charge in [0.15, 0.2) is 5.75 Å². The van der Waals surface area contributed by atoms with Gasteiger partial charge in [0.25, 0.3) is 0 Å². The third kappa shape index (κ3) is 4.18. The lowest BCUT2D eigenvalue weighted by atomic mass is 10.1. The lowest BCUT2D eigenvalue weighted by Crippen LogP contribution is -2.40. The fourth-order valence-electron chi connectivity index (χ4n) is 3.54. The molecule has 1 saturated heterocycles. The molecular formula is C22H24ClNO2S. The maximum atomic E-state index is 13.1. The molecule has 0 amide bonds. The third-order valence-corrected chi connectivity index (χ3v) is 6.14. The number of rotatable bonds is 5. The van der Waals surface area contributed by atoms with Crippen molar-refractivity contribution >= 4 is 39.6 Å². The number of halogens is 1. The summed E-state index contributed by atoms with van der Waals surface area (Å²) >= 11 is 1.52. The number of likely N-dealkylation sites (tertiary alicyclic amines) is 1. The Balaban J connectivity index is 0.00000210. The number of benzene rings is 2. The van der Waals surface area contributed by atoms with Crippen LogP contribution in [0.2, 0.25) is 0 Å². The molecule has 2 heterocycles. The molecule has 1 aliphatic rings. The Labute approximate surface area is 170 Å². The van der Waals surface area contributed by atoms with Gasteiger partial charge in [-0.15, -0.1) is 23.7 Å². The highest BCUT2D eigenvalue weighted by Crippen LogP contribution is 2.40. The molecule has 0 spiro atoms. The average molecular weight is 402 g/mol. The number of hydrogen-bond acceptors (Lipinski definition) is 4. The van der Waals surface area contributed by atoms with Crippen molar-refractivity contribution in [3.63, 3.8) is 0 Å². The molecule has 0 N–H and O–H groups in total. The molecule has 1 fully saturated rings. The summed E-state index contributed by atoms with van der Waals surface area (Å²) in [7, 11) is 0. The van der Waals surface area contributed by atoms with Crippen LogP contribution in [-0.4, -0.2) is 30.0 Å². The zero-order valence-electron chi connectivity index (χ0n) is 15.4. The number of ether oxygens (including phenoxy) is 1. The number of thiophene rings is 1. The molecule has 2 aromatic carbocycles.